The first-order chi connectivity index (χ1) is 9.47. The second kappa shape index (κ2) is 7.65. The Morgan fingerprint density at radius 1 is 1.30 bits per heavy atom. The van der Waals surface area contributed by atoms with Crippen molar-refractivity contribution >= 4 is 23.2 Å². The van der Waals surface area contributed by atoms with Crippen LogP contribution in [0.25, 0.3) is 0 Å². The molecule has 0 aliphatic rings. The number of hydrogen-bond donors (Lipinski definition) is 3. The van der Waals surface area contributed by atoms with Crippen LogP contribution in [0.1, 0.15) is 32.3 Å². The fourth-order valence-electron chi connectivity index (χ4n) is 1.72. The van der Waals surface area contributed by atoms with Crippen LogP contribution in [0.5, 0.6) is 0 Å². The van der Waals surface area contributed by atoms with Crippen molar-refractivity contribution in [1.82, 2.24) is 0 Å². The lowest BCUT2D eigenvalue weighted by Gasteiger charge is -2.14. The Labute approximate surface area is 119 Å². The van der Waals surface area contributed by atoms with Crippen LogP contribution in [-0.4, -0.2) is 18.4 Å². The van der Waals surface area contributed by atoms with Gasteiger partial charge in [0, 0.05) is 23.7 Å². The molecule has 2 amide bonds. The van der Waals surface area contributed by atoms with Crippen LogP contribution < -0.4 is 16.4 Å². The van der Waals surface area contributed by atoms with E-state index in [9.17, 15) is 9.59 Å². The SMILES string of the molecule is CCC(=O)Nc1ccc(C)c(NC(=O)C(C)CCN)c1. The normalized spacial score (nSPS) is 11.8. The summed E-state index contributed by atoms with van der Waals surface area (Å²) in [5, 5.41) is 5.66. The molecule has 1 unspecified atom stereocenters. The van der Waals surface area contributed by atoms with E-state index in [4.69, 9.17) is 5.73 Å². The Morgan fingerprint density at radius 3 is 2.60 bits per heavy atom. The minimum atomic E-state index is -0.131. The number of hydrogen-bond acceptors (Lipinski definition) is 3. The van der Waals surface area contributed by atoms with Crippen molar-refractivity contribution < 1.29 is 9.59 Å². The molecular weight excluding hydrogens is 254 g/mol. The molecule has 110 valence electrons. The lowest BCUT2D eigenvalue weighted by molar-refractivity contribution is -0.119. The summed E-state index contributed by atoms with van der Waals surface area (Å²) in [4.78, 5) is 23.4. The van der Waals surface area contributed by atoms with Gasteiger partial charge in [0.15, 0.2) is 0 Å². The Morgan fingerprint density at radius 2 is 2.00 bits per heavy atom. The number of benzene rings is 1. The molecule has 0 bridgehead atoms. The number of carbonyl (C=O) groups is 2. The molecule has 4 N–H and O–H groups in total. The van der Waals surface area contributed by atoms with Crippen molar-refractivity contribution in [3.63, 3.8) is 0 Å². The Kier molecular flexibility index (Phi) is 6.18. The summed E-state index contributed by atoms with van der Waals surface area (Å²) in [6.07, 6.45) is 1.07. The molecule has 0 saturated heterocycles. The van der Waals surface area contributed by atoms with Gasteiger partial charge >= 0.3 is 0 Å². The maximum Gasteiger partial charge on any atom is 0.227 e. The molecule has 5 heteroatoms. The van der Waals surface area contributed by atoms with E-state index in [2.05, 4.69) is 10.6 Å². The molecule has 0 fully saturated rings. The van der Waals surface area contributed by atoms with Gasteiger partial charge in [-0.15, -0.1) is 0 Å². The summed E-state index contributed by atoms with van der Waals surface area (Å²) < 4.78 is 0. The van der Waals surface area contributed by atoms with Crippen LogP contribution in [0.4, 0.5) is 11.4 Å². The molecule has 0 radical (unpaired) electrons. The van der Waals surface area contributed by atoms with Crippen LogP contribution in [0.2, 0.25) is 0 Å². The number of anilines is 2. The van der Waals surface area contributed by atoms with Crippen LogP contribution in [-0.2, 0) is 9.59 Å². The molecule has 0 heterocycles. The van der Waals surface area contributed by atoms with Gasteiger partial charge in [0.25, 0.3) is 0 Å². The van der Waals surface area contributed by atoms with Crippen molar-refractivity contribution in [2.75, 3.05) is 17.2 Å². The number of nitrogens with two attached hydrogens (primary N) is 1. The number of rotatable bonds is 6. The van der Waals surface area contributed by atoms with Gasteiger partial charge < -0.3 is 16.4 Å². The van der Waals surface area contributed by atoms with Gasteiger partial charge in [0.1, 0.15) is 0 Å². The Bertz CT molecular complexity index is 486. The van der Waals surface area contributed by atoms with Crippen LogP contribution in [0.15, 0.2) is 18.2 Å². The summed E-state index contributed by atoms with van der Waals surface area (Å²) >= 11 is 0. The largest absolute Gasteiger partial charge is 0.330 e. The fraction of sp³-hybridized carbons (Fsp3) is 0.467. The summed E-state index contributed by atoms with van der Waals surface area (Å²) in [6.45, 7) is 6.04. The minimum absolute atomic E-state index is 0.0531. The number of nitrogens with one attached hydrogen (secondary N) is 2. The van der Waals surface area contributed by atoms with Crippen molar-refractivity contribution in [3.05, 3.63) is 23.8 Å². The molecule has 0 aliphatic heterocycles. The highest BCUT2D eigenvalue weighted by Crippen LogP contribution is 2.21. The fourth-order valence-corrected chi connectivity index (χ4v) is 1.72. The van der Waals surface area contributed by atoms with Gasteiger partial charge in [-0.2, -0.15) is 0 Å². The van der Waals surface area contributed by atoms with Gasteiger partial charge in [-0.1, -0.05) is 19.9 Å². The summed E-state index contributed by atoms with van der Waals surface area (Å²) in [5.74, 6) is -0.242. The molecule has 0 aromatic heterocycles. The molecule has 0 aliphatic carbocycles. The Balaban J connectivity index is 2.81. The molecule has 1 atom stereocenters. The van der Waals surface area contributed by atoms with Crippen molar-refractivity contribution in [2.45, 2.75) is 33.6 Å². The zero-order chi connectivity index (χ0) is 15.1. The van der Waals surface area contributed by atoms with Crippen molar-refractivity contribution in [2.24, 2.45) is 11.7 Å². The van der Waals surface area contributed by atoms with Crippen molar-refractivity contribution in [3.8, 4) is 0 Å². The quantitative estimate of drug-likeness (QED) is 0.745. The van der Waals surface area contributed by atoms with E-state index < -0.39 is 0 Å². The standard InChI is InChI=1S/C15H23N3O2/c1-4-14(19)17-12-6-5-10(2)13(9-12)18-15(20)11(3)7-8-16/h5-6,9,11H,4,7-8,16H2,1-3H3,(H,17,19)(H,18,20). The molecule has 1 aromatic rings. The summed E-state index contributed by atoms with van der Waals surface area (Å²) in [6, 6.07) is 5.46. The average molecular weight is 277 g/mol. The molecule has 5 nitrogen and oxygen atoms in total. The molecule has 1 rings (SSSR count). The van der Waals surface area contributed by atoms with E-state index in [1.165, 1.54) is 0 Å². The van der Waals surface area contributed by atoms with E-state index in [1.807, 2.05) is 26.0 Å². The van der Waals surface area contributed by atoms with Crippen molar-refractivity contribution in [1.29, 1.82) is 0 Å². The van der Waals surface area contributed by atoms with Gasteiger partial charge in [-0.3, -0.25) is 9.59 Å². The van der Waals surface area contributed by atoms with E-state index in [1.54, 1.807) is 13.0 Å². The third-order valence-electron chi connectivity index (χ3n) is 3.15. The van der Waals surface area contributed by atoms with E-state index >= 15 is 0 Å². The van der Waals surface area contributed by atoms with Gasteiger partial charge in [0.2, 0.25) is 11.8 Å². The third-order valence-corrected chi connectivity index (χ3v) is 3.15. The smallest absolute Gasteiger partial charge is 0.227 e. The van der Waals surface area contributed by atoms with Crippen LogP contribution in [0, 0.1) is 12.8 Å². The molecule has 0 saturated carbocycles. The maximum atomic E-state index is 12.0. The highest BCUT2D eigenvalue weighted by atomic mass is 16.2. The predicted molar refractivity (Wildman–Crippen MR) is 81.6 cm³/mol. The first-order valence-electron chi connectivity index (χ1n) is 6.89. The number of carbonyl (C=O) groups excluding carboxylic acids is 2. The van der Waals surface area contributed by atoms with E-state index in [0.717, 1.165) is 5.56 Å². The number of aryl methyl sites for hydroxylation is 1. The molecule has 1 aromatic carbocycles. The first kappa shape index (κ1) is 16.2. The zero-order valence-electron chi connectivity index (χ0n) is 12.3. The topological polar surface area (TPSA) is 84.2 Å². The minimum Gasteiger partial charge on any atom is -0.330 e. The average Bonchev–Trinajstić information content (AvgIpc) is 2.42. The van der Waals surface area contributed by atoms with Crippen LogP contribution in [0.3, 0.4) is 0 Å². The highest BCUT2D eigenvalue weighted by molar-refractivity contribution is 5.95. The zero-order valence-corrected chi connectivity index (χ0v) is 12.3. The summed E-state index contributed by atoms with van der Waals surface area (Å²) in [5.41, 5.74) is 7.81. The molecule has 0 spiro atoms. The van der Waals surface area contributed by atoms with Gasteiger partial charge in [-0.05, 0) is 37.6 Å². The number of amides is 2. The summed E-state index contributed by atoms with van der Waals surface area (Å²) in [7, 11) is 0. The Hall–Kier alpha value is -1.88. The first-order valence-corrected chi connectivity index (χ1v) is 6.89. The second-order valence-corrected chi connectivity index (χ2v) is 4.90. The van der Waals surface area contributed by atoms with E-state index in [0.29, 0.717) is 30.8 Å². The lowest BCUT2D eigenvalue weighted by atomic mass is 10.1. The van der Waals surface area contributed by atoms with Gasteiger partial charge in [-0.25, -0.2) is 0 Å². The van der Waals surface area contributed by atoms with Crippen LogP contribution >= 0.6 is 0 Å². The highest BCUT2D eigenvalue weighted by Gasteiger charge is 2.13. The monoisotopic (exact) mass is 277 g/mol. The molecular formula is C15H23N3O2. The van der Waals surface area contributed by atoms with Gasteiger partial charge in [0.05, 0.1) is 0 Å². The third kappa shape index (κ3) is 4.66. The second-order valence-electron chi connectivity index (χ2n) is 4.90. The lowest BCUT2D eigenvalue weighted by Crippen LogP contribution is -2.23. The maximum absolute atomic E-state index is 12.0. The van der Waals surface area contributed by atoms with E-state index in [-0.39, 0.29) is 17.7 Å². The molecule has 20 heavy (non-hydrogen) atoms. The predicted octanol–water partition coefficient (Wildman–Crippen LogP) is 2.27.